The maximum Gasteiger partial charge on any atom is 0.285 e. The summed E-state index contributed by atoms with van der Waals surface area (Å²) in [5.41, 5.74) is 0. The van der Waals surface area contributed by atoms with Gasteiger partial charge in [0.05, 0.1) is 5.25 Å². The molecule has 0 aromatic heterocycles. The summed E-state index contributed by atoms with van der Waals surface area (Å²) in [6.45, 7) is 3.30. The lowest BCUT2D eigenvalue weighted by atomic mass is 10.4. The Morgan fingerprint density at radius 1 is 1.67 bits per heavy atom. The van der Waals surface area contributed by atoms with E-state index in [1.807, 2.05) is 0 Å². The van der Waals surface area contributed by atoms with Crippen LogP contribution in [0.4, 0.5) is 0 Å². The van der Waals surface area contributed by atoms with E-state index in [1.54, 1.807) is 13.8 Å². The van der Waals surface area contributed by atoms with Crippen LogP contribution >= 0.6 is 0 Å². The molecule has 9 heavy (non-hydrogen) atoms. The highest BCUT2D eigenvalue weighted by Crippen LogP contribution is 2.03. The Morgan fingerprint density at radius 2 is 2.11 bits per heavy atom. The summed E-state index contributed by atoms with van der Waals surface area (Å²) < 4.78 is 24.9. The summed E-state index contributed by atoms with van der Waals surface area (Å²) >= 11 is 0. The van der Waals surface area contributed by atoms with E-state index in [4.69, 9.17) is 0 Å². The summed E-state index contributed by atoms with van der Waals surface area (Å²) in [4.78, 5) is 0. The van der Waals surface area contributed by atoms with Gasteiger partial charge in [-0.3, -0.25) is 0 Å². The summed E-state index contributed by atoms with van der Waals surface area (Å²) in [7, 11) is -3.47. The Kier molecular flexibility index (Phi) is 3.10. The topological polar surface area (TPSA) is 69.4 Å². The second-order valence-corrected chi connectivity index (χ2v) is 3.79. The number of rotatable bonds is 3. The first kappa shape index (κ1) is 8.87. The van der Waals surface area contributed by atoms with Gasteiger partial charge in [-0.2, -0.15) is 18.6 Å². The minimum atomic E-state index is -3.47. The van der Waals surface area contributed by atoms with Gasteiger partial charge in [-0.1, -0.05) is 6.92 Å². The van der Waals surface area contributed by atoms with Crippen molar-refractivity contribution < 1.29 is 12.7 Å². The molecule has 0 heterocycles. The van der Waals surface area contributed by atoms with Crippen LogP contribution in [0, 0.1) is 0 Å². The van der Waals surface area contributed by atoms with Crippen LogP contribution in [0.2, 0.25) is 0 Å². The molecular weight excluding hydrogens is 142 g/mol. The zero-order valence-electron chi connectivity index (χ0n) is 5.49. The molecule has 5 heteroatoms. The van der Waals surface area contributed by atoms with Crippen molar-refractivity contribution in [2.75, 3.05) is 0 Å². The van der Waals surface area contributed by atoms with Gasteiger partial charge in [0.15, 0.2) is 0 Å². The second kappa shape index (κ2) is 3.14. The lowest BCUT2D eigenvalue weighted by Gasteiger charge is -2.04. The van der Waals surface area contributed by atoms with E-state index >= 15 is 0 Å². The lowest BCUT2D eigenvalue weighted by Crippen LogP contribution is -2.22. The van der Waals surface area contributed by atoms with E-state index < -0.39 is 15.4 Å². The SMILES string of the molecule is CCC(C)S(=O)(=O)ON. The van der Waals surface area contributed by atoms with Crippen molar-refractivity contribution in [1.29, 1.82) is 0 Å². The molecule has 0 bridgehead atoms. The first-order chi connectivity index (χ1) is 4.04. The van der Waals surface area contributed by atoms with Crippen LogP contribution in [0.1, 0.15) is 20.3 Å². The molecular formula is C4H11NO3S. The van der Waals surface area contributed by atoms with E-state index in [2.05, 4.69) is 10.2 Å². The predicted molar refractivity (Wildman–Crippen MR) is 33.9 cm³/mol. The van der Waals surface area contributed by atoms with Crippen LogP contribution in [-0.4, -0.2) is 13.7 Å². The molecule has 0 aliphatic heterocycles. The summed E-state index contributed by atoms with van der Waals surface area (Å²) in [5, 5.41) is -0.512. The first-order valence-corrected chi connectivity index (χ1v) is 4.14. The number of hydrogen-bond acceptors (Lipinski definition) is 4. The number of hydrogen-bond donors (Lipinski definition) is 1. The van der Waals surface area contributed by atoms with Crippen molar-refractivity contribution in [2.45, 2.75) is 25.5 Å². The fraction of sp³-hybridized carbons (Fsp3) is 1.00. The van der Waals surface area contributed by atoms with Crippen LogP contribution in [0.3, 0.4) is 0 Å². The highest BCUT2D eigenvalue weighted by molar-refractivity contribution is 7.87. The fourth-order valence-electron chi connectivity index (χ4n) is 0.299. The Morgan fingerprint density at radius 3 is 2.22 bits per heavy atom. The van der Waals surface area contributed by atoms with E-state index in [-0.39, 0.29) is 0 Å². The van der Waals surface area contributed by atoms with Gasteiger partial charge in [0.25, 0.3) is 10.1 Å². The molecule has 0 aromatic rings. The molecule has 0 spiro atoms. The zero-order chi connectivity index (χ0) is 7.49. The maximum absolute atomic E-state index is 10.6. The Hall–Kier alpha value is -0.130. The molecule has 0 fully saturated rings. The van der Waals surface area contributed by atoms with Gasteiger partial charge >= 0.3 is 0 Å². The van der Waals surface area contributed by atoms with Gasteiger partial charge in [0.1, 0.15) is 0 Å². The Bertz CT molecular complexity index is 163. The smallest absolute Gasteiger partial charge is 0.198 e. The van der Waals surface area contributed by atoms with E-state index in [0.717, 1.165) is 0 Å². The molecule has 0 aliphatic carbocycles. The first-order valence-electron chi connectivity index (χ1n) is 2.66. The largest absolute Gasteiger partial charge is 0.285 e. The Labute approximate surface area is 55.1 Å². The fourth-order valence-corrected chi connectivity index (χ4v) is 0.897. The summed E-state index contributed by atoms with van der Waals surface area (Å²) in [6.07, 6.45) is 0.513. The van der Waals surface area contributed by atoms with Gasteiger partial charge in [-0.15, -0.1) is 0 Å². The van der Waals surface area contributed by atoms with Crippen LogP contribution in [-0.2, 0) is 14.4 Å². The average molecular weight is 153 g/mol. The second-order valence-electron chi connectivity index (χ2n) is 1.81. The number of nitrogens with two attached hydrogens (primary N) is 1. The van der Waals surface area contributed by atoms with Gasteiger partial charge < -0.3 is 0 Å². The van der Waals surface area contributed by atoms with Crippen LogP contribution in [0.15, 0.2) is 0 Å². The van der Waals surface area contributed by atoms with Gasteiger partial charge in [0, 0.05) is 0 Å². The highest BCUT2D eigenvalue weighted by atomic mass is 32.2. The predicted octanol–water partition coefficient (Wildman–Crippen LogP) is 0.00500. The monoisotopic (exact) mass is 153 g/mol. The molecule has 1 unspecified atom stereocenters. The molecule has 0 rings (SSSR count). The van der Waals surface area contributed by atoms with E-state index in [9.17, 15) is 8.42 Å². The molecule has 0 radical (unpaired) electrons. The van der Waals surface area contributed by atoms with Crippen molar-refractivity contribution in [1.82, 2.24) is 0 Å². The van der Waals surface area contributed by atoms with Crippen molar-refractivity contribution >= 4 is 10.1 Å². The minimum Gasteiger partial charge on any atom is -0.198 e. The van der Waals surface area contributed by atoms with E-state index in [1.165, 1.54) is 0 Å². The summed E-state index contributed by atoms with van der Waals surface area (Å²) in [5.74, 6) is 4.49. The van der Waals surface area contributed by atoms with Crippen LogP contribution in [0.5, 0.6) is 0 Å². The standard InChI is InChI=1S/C4H11NO3S/c1-3-4(2)9(6,7)8-5/h4H,3,5H2,1-2H3. The summed E-state index contributed by atoms with van der Waals surface area (Å²) in [6, 6.07) is 0. The third-order valence-electron chi connectivity index (χ3n) is 1.20. The Balaban J connectivity index is 4.17. The quantitative estimate of drug-likeness (QED) is 0.579. The minimum absolute atomic E-state index is 0.512. The molecule has 0 saturated carbocycles. The van der Waals surface area contributed by atoms with E-state index in [0.29, 0.717) is 6.42 Å². The normalized spacial score (nSPS) is 15.4. The van der Waals surface area contributed by atoms with Crippen LogP contribution < -0.4 is 5.90 Å². The third-order valence-corrected chi connectivity index (χ3v) is 2.79. The van der Waals surface area contributed by atoms with Crippen molar-refractivity contribution in [3.05, 3.63) is 0 Å². The van der Waals surface area contributed by atoms with Crippen molar-refractivity contribution in [2.24, 2.45) is 5.90 Å². The van der Waals surface area contributed by atoms with Gasteiger partial charge in [-0.25, -0.2) is 0 Å². The molecule has 0 saturated heterocycles. The zero-order valence-corrected chi connectivity index (χ0v) is 6.31. The molecule has 0 aliphatic rings. The maximum atomic E-state index is 10.6. The molecule has 1 atom stereocenters. The third kappa shape index (κ3) is 2.30. The van der Waals surface area contributed by atoms with Crippen molar-refractivity contribution in [3.63, 3.8) is 0 Å². The van der Waals surface area contributed by atoms with Gasteiger partial charge in [-0.05, 0) is 13.3 Å². The molecule has 0 aromatic carbocycles. The highest BCUT2D eigenvalue weighted by Gasteiger charge is 2.17. The molecule has 2 N–H and O–H groups in total. The van der Waals surface area contributed by atoms with Gasteiger partial charge in [0.2, 0.25) is 0 Å². The lowest BCUT2D eigenvalue weighted by molar-refractivity contribution is 0.326. The average Bonchev–Trinajstić information content (AvgIpc) is 1.86. The van der Waals surface area contributed by atoms with Crippen LogP contribution in [0.25, 0.3) is 0 Å². The molecule has 4 nitrogen and oxygen atoms in total. The van der Waals surface area contributed by atoms with Crippen molar-refractivity contribution in [3.8, 4) is 0 Å². The molecule has 0 amide bonds. The molecule has 56 valence electrons.